The molecule has 2 fully saturated rings. The summed E-state index contributed by atoms with van der Waals surface area (Å²) in [6.07, 6.45) is 2.68. The van der Waals surface area contributed by atoms with Crippen molar-refractivity contribution in [1.82, 2.24) is 10.2 Å². The Morgan fingerprint density at radius 2 is 2.00 bits per heavy atom. The standard InChI is InChI=1S/C16H24N2/c1-12(2)17-14-8-9-18(11-14)16-10-15(16)13-6-4-3-5-7-13/h3-7,12,14-17H,8-11H2,1-2H3. The summed E-state index contributed by atoms with van der Waals surface area (Å²) in [7, 11) is 0. The van der Waals surface area contributed by atoms with Gasteiger partial charge in [-0.1, -0.05) is 44.2 Å². The molecule has 1 N–H and O–H groups in total. The van der Waals surface area contributed by atoms with Crippen molar-refractivity contribution in [3.05, 3.63) is 35.9 Å². The summed E-state index contributed by atoms with van der Waals surface area (Å²) in [5.74, 6) is 0.795. The number of hydrogen-bond donors (Lipinski definition) is 1. The van der Waals surface area contributed by atoms with Crippen molar-refractivity contribution >= 4 is 0 Å². The molecule has 0 bridgehead atoms. The smallest absolute Gasteiger partial charge is 0.0209 e. The minimum absolute atomic E-state index is 0.610. The van der Waals surface area contributed by atoms with Crippen LogP contribution in [0.3, 0.4) is 0 Å². The van der Waals surface area contributed by atoms with Crippen LogP contribution >= 0.6 is 0 Å². The summed E-state index contributed by atoms with van der Waals surface area (Å²) in [6.45, 7) is 7.00. The second-order valence-electron chi connectivity index (χ2n) is 6.12. The summed E-state index contributed by atoms with van der Waals surface area (Å²) >= 11 is 0. The minimum atomic E-state index is 0.610. The average molecular weight is 244 g/mol. The van der Waals surface area contributed by atoms with Gasteiger partial charge in [0.1, 0.15) is 0 Å². The molecule has 98 valence electrons. The molecule has 2 heteroatoms. The fourth-order valence-electron chi connectivity index (χ4n) is 3.34. The molecule has 1 saturated carbocycles. The van der Waals surface area contributed by atoms with Crippen molar-refractivity contribution < 1.29 is 0 Å². The molecule has 0 amide bonds. The first-order valence-electron chi connectivity index (χ1n) is 7.29. The number of likely N-dealkylation sites (tertiary alicyclic amines) is 1. The fraction of sp³-hybridized carbons (Fsp3) is 0.625. The highest BCUT2D eigenvalue weighted by atomic mass is 15.2. The molecule has 2 nitrogen and oxygen atoms in total. The monoisotopic (exact) mass is 244 g/mol. The molecule has 1 saturated heterocycles. The van der Waals surface area contributed by atoms with Crippen molar-refractivity contribution in [2.45, 2.75) is 50.7 Å². The van der Waals surface area contributed by atoms with Gasteiger partial charge in [0.05, 0.1) is 0 Å². The Balaban J connectivity index is 1.54. The Hall–Kier alpha value is -0.860. The summed E-state index contributed by atoms with van der Waals surface area (Å²) in [4.78, 5) is 2.69. The van der Waals surface area contributed by atoms with Crippen LogP contribution in [0.25, 0.3) is 0 Å². The van der Waals surface area contributed by atoms with E-state index in [2.05, 4.69) is 54.4 Å². The van der Waals surface area contributed by atoms with E-state index in [1.54, 1.807) is 0 Å². The van der Waals surface area contributed by atoms with E-state index in [-0.39, 0.29) is 0 Å². The zero-order valence-electron chi connectivity index (χ0n) is 11.5. The second kappa shape index (κ2) is 5.02. The lowest BCUT2D eigenvalue weighted by Gasteiger charge is -2.18. The first-order chi connectivity index (χ1) is 8.74. The first kappa shape index (κ1) is 12.2. The van der Waals surface area contributed by atoms with Gasteiger partial charge in [0.15, 0.2) is 0 Å². The lowest BCUT2D eigenvalue weighted by atomic mass is 10.1. The lowest BCUT2D eigenvalue weighted by Crippen LogP contribution is -2.37. The maximum Gasteiger partial charge on any atom is 0.0209 e. The molecular formula is C16H24N2. The molecule has 0 spiro atoms. The van der Waals surface area contributed by atoms with Gasteiger partial charge in [0.2, 0.25) is 0 Å². The Kier molecular flexibility index (Phi) is 3.40. The summed E-state index contributed by atoms with van der Waals surface area (Å²) < 4.78 is 0. The van der Waals surface area contributed by atoms with E-state index in [9.17, 15) is 0 Å². The number of nitrogens with one attached hydrogen (secondary N) is 1. The van der Waals surface area contributed by atoms with E-state index in [0.29, 0.717) is 12.1 Å². The molecular weight excluding hydrogens is 220 g/mol. The van der Waals surface area contributed by atoms with E-state index in [4.69, 9.17) is 0 Å². The fourth-order valence-corrected chi connectivity index (χ4v) is 3.34. The third-order valence-electron chi connectivity index (χ3n) is 4.24. The minimum Gasteiger partial charge on any atom is -0.310 e. The van der Waals surface area contributed by atoms with Gasteiger partial charge >= 0.3 is 0 Å². The molecule has 1 aromatic rings. The SMILES string of the molecule is CC(C)NC1CCN(C2CC2c2ccccc2)C1. The van der Waals surface area contributed by atoms with E-state index in [1.807, 2.05) is 0 Å². The molecule has 1 aromatic carbocycles. The normalized spacial score (nSPS) is 32.1. The van der Waals surface area contributed by atoms with E-state index < -0.39 is 0 Å². The zero-order chi connectivity index (χ0) is 12.5. The average Bonchev–Trinajstić information content (AvgIpc) is 3.04. The van der Waals surface area contributed by atoms with Crippen LogP contribution in [0.2, 0.25) is 0 Å². The van der Waals surface area contributed by atoms with E-state index in [0.717, 1.165) is 12.0 Å². The zero-order valence-corrected chi connectivity index (χ0v) is 11.5. The molecule has 2 aliphatic rings. The van der Waals surface area contributed by atoms with Gasteiger partial charge in [-0.3, -0.25) is 4.90 Å². The van der Waals surface area contributed by atoms with Gasteiger partial charge < -0.3 is 5.32 Å². The Morgan fingerprint density at radius 1 is 1.22 bits per heavy atom. The van der Waals surface area contributed by atoms with Crippen LogP contribution in [0.15, 0.2) is 30.3 Å². The first-order valence-corrected chi connectivity index (χ1v) is 7.29. The molecule has 3 unspecified atom stereocenters. The molecule has 0 aromatic heterocycles. The van der Waals surface area contributed by atoms with Gasteiger partial charge in [-0.25, -0.2) is 0 Å². The lowest BCUT2D eigenvalue weighted by molar-refractivity contribution is 0.309. The summed E-state index contributed by atoms with van der Waals surface area (Å²) in [6, 6.07) is 13.1. The van der Waals surface area contributed by atoms with Crippen LogP contribution in [-0.2, 0) is 0 Å². The molecule has 3 rings (SSSR count). The van der Waals surface area contributed by atoms with Crippen molar-refractivity contribution in [1.29, 1.82) is 0 Å². The third kappa shape index (κ3) is 2.60. The highest BCUT2D eigenvalue weighted by molar-refractivity contribution is 5.28. The van der Waals surface area contributed by atoms with Gasteiger partial charge in [0.25, 0.3) is 0 Å². The highest BCUT2D eigenvalue weighted by Gasteiger charge is 2.44. The van der Waals surface area contributed by atoms with Crippen LogP contribution in [0.5, 0.6) is 0 Å². The highest BCUT2D eigenvalue weighted by Crippen LogP contribution is 2.45. The maximum absolute atomic E-state index is 3.67. The van der Waals surface area contributed by atoms with Gasteiger partial charge in [-0.2, -0.15) is 0 Å². The molecule has 18 heavy (non-hydrogen) atoms. The molecule has 1 aliphatic heterocycles. The Morgan fingerprint density at radius 3 is 2.72 bits per heavy atom. The predicted octanol–water partition coefficient (Wildman–Crippen LogP) is 2.61. The van der Waals surface area contributed by atoms with Crippen LogP contribution in [-0.4, -0.2) is 36.1 Å². The summed E-state index contributed by atoms with van der Waals surface area (Å²) in [5.41, 5.74) is 1.53. The third-order valence-corrected chi connectivity index (χ3v) is 4.24. The largest absolute Gasteiger partial charge is 0.310 e. The quantitative estimate of drug-likeness (QED) is 0.876. The van der Waals surface area contributed by atoms with E-state index in [1.165, 1.54) is 31.5 Å². The maximum atomic E-state index is 3.67. The molecule has 1 aliphatic carbocycles. The van der Waals surface area contributed by atoms with Crippen molar-refractivity contribution in [3.63, 3.8) is 0 Å². The van der Waals surface area contributed by atoms with Crippen molar-refractivity contribution in [3.8, 4) is 0 Å². The Bertz CT molecular complexity index is 387. The van der Waals surface area contributed by atoms with Crippen LogP contribution in [0, 0.1) is 0 Å². The second-order valence-corrected chi connectivity index (χ2v) is 6.12. The molecule has 3 atom stereocenters. The van der Waals surface area contributed by atoms with Crippen LogP contribution in [0.4, 0.5) is 0 Å². The number of hydrogen-bond acceptors (Lipinski definition) is 2. The van der Waals surface area contributed by atoms with Crippen LogP contribution < -0.4 is 5.32 Å². The number of nitrogens with zero attached hydrogens (tertiary/aromatic N) is 1. The van der Waals surface area contributed by atoms with Gasteiger partial charge in [-0.15, -0.1) is 0 Å². The van der Waals surface area contributed by atoms with Crippen LogP contribution in [0.1, 0.15) is 38.2 Å². The van der Waals surface area contributed by atoms with Gasteiger partial charge in [0, 0.05) is 37.1 Å². The van der Waals surface area contributed by atoms with Crippen molar-refractivity contribution in [2.75, 3.05) is 13.1 Å². The summed E-state index contributed by atoms with van der Waals surface area (Å²) in [5, 5.41) is 3.67. The number of benzene rings is 1. The number of rotatable bonds is 4. The predicted molar refractivity (Wildman–Crippen MR) is 75.8 cm³/mol. The van der Waals surface area contributed by atoms with Crippen molar-refractivity contribution in [2.24, 2.45) is 0 Å². The molecule has 0 radical (unpaired) electrons. The molecule has 1 heterocycles. The van der Waals surface area contributed by atoms with E-state index >= 15 is 0 Å². The topological polar surface area (TPSA) is 15.3 Å². The Labute approximate surface area is 110 Å². The van der Waals surface area contributed by atoms with Gasteiger partial charge in [-0.05, 0) is 18.4 Å².